The van der Waals surface area contributed by atoms with Gasteiger partial charge in [0.2, 0.25) is 0 Å². The molecule has 1 saturated heterocycles. The number of nitrogens with one attached hydrogen (secondary N) is 2. The summed E-state index contributed by atoms with van der Waals surface area (Å²) in [6.45, 7) is 0.0589. The first-order valence-corrected chi connectivity index (χ1v) is 8.76. The van der Waals surface area contributed by atoms with Crippen molar-refractivity contribution in [1.29, 1.82) is 5.41 Å². The minimum Gasteiger partial charge on any atom is -0.395 e. The van der Waals surface area contributed by atoms with Gasteiger partial charge in [0.05, 0.1) is 35.4 Å². The Morgan fingerprint density at radius 3 is 2.59 bits per heavy atom. The van der Waals surface area contributed by atoms with Gasteiger partial charge in [-0.1, -0.05) is 0 Å². The summed E-state index contributed by atoms with van der Waals surface area (Å²) < 4.78 is 52.2. The summed E-state index contributed by atoms with van der Waals surface area (Å²) in [5.41, 5.74) is 10.6. The van der Waals surface area contributed by atoms with Gasteiger partial charge in [-0.3, -0.25) is 9.69 Å². The predicted molar refractivity (Wildman–Crippen MR) is 98.8 cm³/mol. The standard InChI is InChI=1S/C18H20F4N6O/c19-11-9-27(15(25)4-3-14(24)18(20,21)22)7-5-13(11)28-16(10(8-23)17(28)29)12-2-1-6-26-12/h1-4,6,8,11,13,23,26H,5,7,9,24-25H2/b14-3-,15-4+,23-8?. The first kappa shape index (κ1) is 20.5. The van der Waals surface area contributed by atoms with Crippen molar-refractivity contribution in [2.24, 2.45) is 11.5 Å². The van der Waals surface area contributed by atoms with Crippen LogP contribution in [0.1, 0.15) is 12.1 Å². The number of nitrogens with zero attached hydrogens (tertiary/aromatic N) is 2. The lowest BCUT2D eigenvalue weighted by Gasteiger charge is -2.46. The summed E-state index contributed by atoms with van der Waals surface area (Å²) in [6.07, 6.45) is -1.72. The van der Waals surface area contributed by atoms with Crippen molar-refractivity contribution in [3.8, 4) is 0 Å². The number of allylic oxidation sites excluding steroid dienone is 3. The molecule has 2 unspecified atom stereocenters. The van der Waals surface area contributed by atoms with E-state index in [9.17, 15) is 22.4 Å². The molecule has 3 rings (SSSR count). The third-order valence-corrected chi connectivity index (χ3v) is 4.91. The van der Waals surface area contributed by atoms with Gasteiger partial charge >= 0.3 is 6.18 Å². The number of likely N-dealkylation sites (tertiary alicyclic amines) is 1. The highest BCUT2D eigenvalue weighted by atomic mass is 19.4. The summed E-state index contributed by atoms with van der Waals surface area (Å²) >= 11 is 0. The number of alkyl halides is 4. The Hall–Kier alpha value is -3.24. The van der Waals surface area contributed by atoms with E-state index in [0.29, 0.717) is 17.5 Å². The van der Waals surface area contributed by atoms with Gasteiger partial charge in [-0.2, -0.15) is 13.2 Å². The van der Waals surface area contributed by atoms with Crippen LogP contribution in [-0.2, 0) is 4.79 Å². The van der Waals surface area contributed by atoms with Crippen molar-refractivity contribution in [1.82, 2.24) is 14.8 Å². The number of carbonyl (C=O) groups is 1. The van der Waals surface area contributed by atoms with Crippen molar-refractivity contribution in [2.75, 3.05) is 13.1 Å². The van der Waals surface area contributed by atoms with E-state index in [2.05, 4.69) is 4.98 Å². The Morgan fingerprint density at radius 1 is 1.31 bits per heavy atom. The van der Waals surface area contributed by atoms with Gasteiger partial charge < -0.3 is 26.8 Å². The van der Waals surface area contributed by atoms with Crippen LogP contribution in [0.2, 0.25) is 0 Å². The number of piperidine rings is 1. The zero-order valence-corrected chi connectivity index (χ0v) is 15.2. The van der Waals surface area contributed by atoms with Crippen LogP contribution in [0.3, 0.4) is 0 Å². The second-order valence-corrected chi connectivity index (χ2v) is 6.69. The number of halogens is 4. The lowest BCUT2D eigenvalue weighted by Crippen LogP contribution is -2.57. The molecule has 0 aliphatic carbocycles. The maximum absolute atomic E-state index is 14.9. The zero-order chi connectivity index (χ0) is 21.3. The van der Waals surface area contributed by atoms with Crippen LogP contribution in [0.5, 0.6) is 0 Å². The average Bonchev–Trinajstić information content (AvgIpc) is 3.18. The molecule has 0 saturated carbocycles. The predicted octanol–water partition coefficient (Wildman–Crippen LogP) is 1.83. The number of H-pyrrole nitrogens is 1. The Bertz CT molecular complexity index is 887. The minimum atomic E-state index is -4.67. The average molecular weight is 412 g/mol. The molecule has 2 atom stereocenters. The molecule has 156 valence electrons. The second-order valence-electron chi connectivity index (χ2n) is 6.69. The fourth-order valence-electron chi connectivity index (χ4n) is 3.40. The molecule has 1 aromatic heterocycles. The van der Waals surface area contributed by atoms with Crippen LogP contribution in [0, 0.1) is 5.41 Å². The van der Waals surface area contributed by atoms with Crippen LogP contribution in [-0.4, -0.2) is 58.4 Å². The first-order chi connectivity index (χ1) is 13.6. The Kier molecular flexibility index (Phi) is 5.40. The quantitative estimate of drug-likeness (QED) is 0.336. The SMILES string of the molecule is N=CC1=C(c2ccc[nH]2)N(C2CCN(/C(N)=C/C=C(\N)C(F)(F)F)CC2F)C1=O. The lowest BCUT2D eigenvalue weighted by atomic mass is 9.92. The third kappa shape index (κ3) is 3.84. The van der Waals surface area contributed by atoms with E-state index in [1.807, 2.05) is 0 Å². The van der Waals surface area contributed by atoms with E-state index in [4.69, 9.17) is 16.9 Å². The lowest BCUT2D eigenvalue weighted by molar-refractivity contribution is -0.130. The van der Waals surface area contributed by atoms with Gasteiger partial charge in [0.15, 0.2) is 0 Å². The number of nitrogens with two attached hydrogens (primary N) is 2. The van der Waals surface area contributed by atoms with Crippen LogP contribution in [0.25, 0.3) is 5.70 Å². The molecule has 1 amide bonds. The van der Waals surface area contributed by atoms with Gasteiger partial charge in [0, 0.05) is 19.0 Å². The van der Waals surface area contributed by atoms with Gasteiger partial charge in [-0.25, -0.2) is 4.39 Å². The number of aromatic nitrogens is 1. The molecule has 3 heterocycles. The normalized spacial score (nSPS) is 24.1. The summed E-state index contributed by atoms with van der Waals surface area (Å²) in [7, 11) is 0. The molecule has 2 aliphatic rings. The van der Waals surface area contributed by atoms with Crippen LogP contribution in [0.4, 0.5) is 17.6 Å². The largest absolute Gasteiger partial charge is 0.430 e. The van der Waals surface area contributed by atoms with E-state index in [-0.39, 0.29) is 30.9 Å². The smallest absolute Gasteiger partial charge is 0.395 e. The molecule has 1 aromatic rings. The van der Waals surface area contributed by atoms with Gasteiger partial charge in [-0.15, -0.1) is 0 Å². The van der Waals surface area contributed by atoms with Gasteiger partial charge in [0.1, 0.15) is 11.9 Å². The monoisotopic (exact) mass is 412 g/mol. The van der Waals surface area contributed by atoms with Crippen molar-refractivity contribution in [2.45, 2.75) is 24.8 Å². The molecule has 29 heavy (non-hydrogen) atoms. The first-order valence-electron chi connectivity index (χ1n) is 8.76. The molecule has 11 heteroatoms. The maximum Gasteiger partial charge on any atom is 0.430 e. The maximum atomic E-state index is 14.9. The summed E-state index contributed by atoms with van der Waals surface area (Å²) in [5, 5.41) is 7.42. The van der Waals surface area contributed by atoms with Crippen LogP contribution < -0.4 is 11.5 Å². The van der Waals surface area contributed by atoms with E-state index in [1.165, 1.54) is 9.80 Å². The molecule has 0 radical (unpaired) electrons. The molecule has 0 bridgehead atoms. The molecular formula is C18H20F4N6O. The highest BCUT2D eigenvalue weighted by molar-refractivity contribution is 6.26. The molecule has 1 fully saturated rings. The third-order valence-electron chi connectivity index (χ3n) is 4.91. The van der Waals surface area contributed by atoms with Crippen LogP contribution in [0.15, 0.2) is 47.6 Å². The number of hydrogen-bond acceptors (Lipinski definition) is 5. The molecule has 0 spiro atoms. The minimum absolute atomic E-state index is 0.0476. The van der Waals surface area contributed by atoms with Gasteiger partial charge in [0.25, 0.3) is 5.91 Å². The highest BCUT2D eigenvalue weighted by Gasteiger charge is 2.45. The Morgan fingerprint density at radius 2 is 2.03 bits per heavy atom. The van der Waals surface area contributed by atoms with Gasteiger partial charge in [-0.05, 0) is 30.7 Å². The molecular weight excluding hydrogens is 392 g/mol. The fourth-order valence-corrected chi connectivity index (χ4v) is 3.40. The Balaban J connectivity index is 1.73. The van der Waals surface area contributed by atoms with Crippen LogP contribution >= 0.6 is 0 Å². The van der Waals surface area contributed by atoms with Crippen molar-refractivity contribution >= 4 is 17.8 Å². The van der Waals surface area contributed by atoms with E-state index in [1.54, 1.807) is 18.3 Å². The summed E-state index contributed by atoms with van der Waals surface area (Å²) in [5.74, 6) is -0.483. The number of rotatable bonds is 5. The number of hydrogen-bond donors (Lipinski definition) is 4. The fraction of sp³-hybridized carbons (Fsp3) is 0.333. The molecule has 6 N–H and O–H groups in total. The van der Waals surface area contributed by atoms with E-state index < -0.39 is 30.0 Å². The van der Waals surface area contributed by atoms with Crippen molar-refractivity contribution in [3.63, 3.8) is 0 Å². The molecule has 2 aliphatic heterocycles. The number of aromatic amines is 1. The number of amides is 1. The summed E-state index contributed by atoms with van der Waals surface area (Å²) in [4.78, 5) is 18.1. The topological polar surface area (TPSA) is 115 Å². The zero-order valence-electron chi connectivity index (χ0n) is 15.2. The highest BCUT2D eigenvalue weighted by Crippen LogP contribution is 2.38. The van der Waals surface area contributed by atoms with Crippen molar-refractivity contribution in [3.05, 3.63) is 53.3 Å². The van der Waals surface area contributed by atoms with E-state index in [0.717, 1.165) is 12.3 Å². The summed E-state index contributed by atoms with van der Waals surface area (Å²) in [6, 6.07) is 2.69. The van der Waals surface area contributed by atoms with E-state index >= 15 is 0 Å². The molecule has 7 nitrogen and oxygen atoms in total. The molecule has 0 aromatic carbocycles. The number of carbonyl (C=O) groups excluding carboxylic acids is 1. The van der Waals surface area contributed by atoms with Crippen molar-refractivity contribution < 1.29 is 22.4 Å². The Labute approximate surface area is 163 Å². The second kappa shape index (κ2) is 7.64.